The van der Waals surface area contributed by atoms with Gasteiger partial charge in [0.15, 0.2) is 18.5 Å². The maximum Gasteiger partial charge on any atom is 0.338 e. The Morgan fingerprint density at radius 3 is 1.53 bits per heavy atom. The Hall–Kier alpha value is -4.83. The topological polar surface area (TPSA) is 118 Å². The second-order valence-corrected chi connectivity index (χ2v) is 9.76. The molecule has 1 saturated heterocycles. The normalized spacial score (nSPS) is 21.4. The molecule has 5 rings (SSSR count). The second-order valence-electron chi connectivity index (χ2n) is 9.76. The molecule has 4 aromatic rings. The molecule has 220 valence electrons. The molecule has 0 bridgehead atoms. The van der Waals surface area contributed by atoms with Gasteiger partial charge < -0.3 is 28.8 Å². The third kappa shape index (κ3) is 7.72. The zero-order valence-corrected chi connectivity index (χ0v) is 23.1. The van der Waals surface area contributed by atoms with Crippen molar-refractivity contribution in [1.82, 2.24) is 0 Å². The largest absolute Gasteiger partial charge is 0.459 e. The first kappa shape index (κ1) is 29.7. The van der Waals surface area contributed by atoms with Gasteiger partial charge in [-0.1, -0.05) is 84.9 Å². The number of ether oxygens (including phenoxy) is 5. The Morgan fingerprint density at radius 2 is 1.02 bits per heavy atom. The Labute approximate surface area is 248 Å². The van der Waals surface area contributed by atoms with Crippen LogP contribution < -0.4 is 0 Å². The number of benzene rings is 4. The highest BCUT2D eigenvalue weighted by Gasteiger charge is 2.51. The minimum atomic E-state index is -1.62. The van der Waals surface area contributed by atoms with Crippen LogP contribution in [-0.2, 0) is 30.3 Å². The maximum absolute atomic E-state index is 13.3. The van der Waals surface area contributed by atoms with Gasteiger partial charge in [-0.15, -0.1) is 0 Å². The molecule has 1 aliphatic rings. The zero-order chi connectivity index (χ0) is 30.0. The van der Waals surface area contributed by atoms with Gasteiger partial charge >= 0.3 is 17.9 Å². The lowest BCUT2D eigenvalue weighted by atomic mass is 9.97. The minimum absolute atomic E-state index is 0.0400. The van der Waals surface area contributed by atoms with Crippen molar-refractivity contribution in [3.05, 3.63) is 144 Å². The van der Waals surface area contributed by atoms with Crippen molar-refractivity contribution in [2.45, 2.75) is 37.3 Å². The molecule has 0 aliphatic carbocycles. The van der Waals surface area contributed by atoms with Gasteiger partial charge in [0.25, 0.3) is 0 Å². The van der Waals surface area contributed by atoms with Crippen molar-refractivity contribution in [1.29, 1.82) is 0 Å². The molecule has 9 nitrogen and oxygen atoms in total. The molecule has 0 radical (unpaired) electrons. The van der Waals surface area contributed by atoms with Gasteiger partial charge in [-0.2, -0.15) is 0 Å². The number of rotatable bonds is 10. The fourth-order valence-corrected chi connectivity index (χ4v) is 4.60. The fraction of sp³-hybridized carbons (Fsp3) is 0.206. The standard InChI is InChI=1S/C34H30O9/c35-31(24-15-7-2-8-16-24)40-22-27-28(42-32(36)25-17-9-3-10-18-25)29(43-33(37)26-19-11-4-12-20-26)30(34(38)41-27)39-21-23-13-5-1-6-14-23/h1-20,27-30,34,38H,21-22H2/t27-,28-,29+,30-,34?/m1/s1. The van der Waals surface area contributed by atoms with Crippen LogP contribution in [0.15, 0.2) is 121 Å². The second kappa shape index (κ2) is 14.4. The van der Waals surface area contributed by atoms with Gasteiger partial charge in [-0.05, 0) is 42.0 Å². The van der Waals surface area contributed by atoms with E-state index in [1.807, 2.05) is 30.3 Å². The van der Waals surface area contributed by atoms with E-state index in [1.54, 1.807) is 91.0 Å². The number of hydrogen-bond donors (Lipinski definition) is 1. The Bertz CT molecular complexity index is 1480. The molecule has 5 atom stereocenters. The summed E-state index contributed by atoms with van der Waals surface area (Å²) in [5, 5.41) is 11.1. The van der Waals surface area contributed by atoms with Gasteiger partial charge in [-0.3, -0.25) is 0 Å². The molecule has 1 aliphatic heterocycles. The predicted octanol–water partition coefficient (Wildman–Crippen LogP) is 4.60. The monoisotopic (exact) mass is 582 g/mol. The van der Waals surface area contributed by atoms with Crippen LogP contribution in [0.4, 0.5) is 0 Å². The van der Waals surface area contributed by atoms with Crippen LogP contribution in [0.25, 0.3) is 0 Å². The molecule has 0 spiro atoms. The summed E-state index contributed by atoms with van der Waals surface area (Å²) < 4.78 is 29.1. The van der Waals surface area contributed by atoms with E-state index in [9.17, 15) is 19.5 Å². The van der Waals surface area contributed by atoms with Gasteiger partial charge in [0.2, 0.25) is 0 Å². The van der Waals surface area contributed by atoms with Crippen molar-refractivity contribution in [2.24, 2.45) is 0 Å². The number of carbonyl (C=O) groups is 3. The Morgan fingerprint density at radius 1 is 0.581 bits per heavy atom. The molecule has 4 aromatic carbocycles. The molecule has 0 aromatic heterocycles. The quantitative estimate of drug-likeness (QED) is 0.212. The van der Waals surface area contributed by atoms with E-state index in [4.69, 9.17) is 23.7 Å². The van der Waals surface area contributed by atoms with Crippen LogP contribution in [0.3, 0.4) is 0 Å². The van der Waals surface area contributed by atoms with Crippen LogP contribution in [0.5, 0.6) is 0 Å². The molecule has 0 saturated carbocycles. The van der Waals surface area contributed by atoms with E-state index in [1.165, 1.54) is 0 Å². The first-order valence-corrected chi connectivity index (χ1v) is 13.7. The van der Waals surface area contributed by atoms with Gasteiger partial charge in [0.1, 0.15) is 18.8 Å². The van der Waals surface area contributed by atoms with E-state index in [0.717, 1.165) is 5.56 Å². The SMILES string of the molecule is O=C(OC[C@H]1OC(O)[C@H](OCc2ccccc2)[C@@H](OC(=O)c2ccccc2)[C@@H]1OC(=O)c1ccccc1)c1ccccc1. The average Bonchev–Trinajstić information content (AvgIpc) is 3.06. The van der Waals surface area contributed by atoms with Crippen LogP contribution in [0.2, 0.25) is 0 Å². The molecule has 43 heavy (non-hydrogen) atoms. The van der Waals surface area contributed by atoms with Gasteiger partial charge in [-0.25, -0.2) is 14.4 Å². The Kier molecular flexibility index (Phi) is 9.91. The molecule has 1 N–H and O–H groups in total. The van der Waals surface area contributed by atoms with E-state index < -0.39 is 55.2 Å². The van der Waals surface area contributed by atoms with Crippen LogP contribution in [-0.4, -0.2) is 60.3 Å². The lowest BCUT2D eigenvalue weighted by Gasteiger charge is -2.43. The van der Waals surface area contributed by atoms with E-state index in [-0.39, 0.29) is 17.7 Å². The summed E-state index contributed by atoms with van der Waals surface area (Å²) >= 11 is 0. The first-order chi connectivity index (χ1) is 21.0. The van der Waals surface area contributed by atoms with E-state index in [0.29, 0.717) is 5.56 Å². The lowest BCUT2D eigenvalue weighted by molar-refractivity contribution is -0.296. The summed E-state index contributed by atoms with van der Waals surface area (Å²) in [4.78, 5) is 39.3. The van der Waals surface area contributed by atoms with Gasteiger partial charge in [0.05, 0.1) is 23.3 Å². The van der Waals surface area contributed by atoms with Crippen LogP contribution >= 0.6 is 0 Å². The van der Waals surface area contributed by atoms with Crippen molar-refractivity contribution in [3.8, 4) is 0 Å². The summed E-state index contributed by atoms with van der Waals surface area (Å²) in [5.41, 5.74) is 1.57. The molecular weight excluding hydrogens is 552 g/mol. The number of aliphatic hydroxyl groups excluding tert-OH is 1. The highest BCUT2D eigenvalue weighted by Crippen LogP contribution is 2.30. The number of carbonyl (C=O) groups excluding carboxylic acids is 3. The first-order valence-electron chi connectivity index (χ1n) is 13.7. The Balaban J connectivity index is 1.45. The van der Waals surface area contributed by atoms with Gasteiger partial charge in [0, 0.05) is 0 Å². The van der Waals surface area contributed by atoms with Crippen LogP contribution in [0, 0.1) is 0 Å². The molecule has 1 unspecified atom stereocenters. The number of aliphatic hydroxyl groups is 1. The molecule has 9 heteroatoms. The maximum atomic E-state index is 13.3. The molecule has 1 fully saturated rings. The molecule has 0 amide bonds. The third-order valence-corrected chi connectivity index (χ3v) is 6.79. The fourth-order valence-electron chi connectivity index (χ4n) is 4.60. The van der Waals surface area contributed by atoms with Crippen molar-refractivity contribution < 1.29 is 43.2 Å². The smallest absolute Gasteiger partial charge is 0.338 e. The van der Waals surface area contributed by atoms with Crippen molar-refractivity contribution in [2.75, 3.05) is 6.61 Å². The number of esters is 3. The summed E-state index contributed by atoms with van der Waals surface area (Å²) in [6.45, 7) is -0.374. The highest BCUT2D eigenvalue weighted by atomic mass is 16.7. The van der Waals surface area contributed by atoms with Crippen molar-refractivity contribution in [3.63, 3.8) is 0 Å². The molecule has 1 heterocycles. The van der Waals surface area contributed by atoms with Crippen molar-refractivity contribution >= 4 is 17.9 Å². The molecular formula is C34H30O9. The average molecular weight is 583 g/mol. The predicted molar refractivity (Wildman–Crippen MR) is 154 cm³/mol. The summed E-state index contributed by atoms with van der Waals surface area (Å²) in [6, 6.07) is 34.0. The van der Waals surface area contributed by atoms with E-state index >= 15 is 0 Å². The zero-order valence-electron chi connectivity index (χ0n) is 23.1. The minimum Gasteiger partial charge on any atom is -0.459 e. The highest BCUT2D eigenvalue weighted by molar-refractivity contribution is 5.91. The van der Waals surface area contributed by atoms with Crippen LogP contribution in [0.1, 0.15) is 36.6 Å². The van der Waals surface area contributed by atoms with E-state index in [2.05, 4.69) is 0 Å². The lowest BCUT2D eigenvalue weighted by Crippen LogP contribution is -2.62. The number of hydrogen-bond acceptors (Lipinski definition) is 9. The summed E-state index contributed by atoms with van der Waals surface area (Å²) in [5.74, 6) is -2.10. The summed E-state index contributed by atoms with van der Waals surface area (Å²) in [7, 11) is 0. The third-order valence-electron chi connectivity index (χ3n) is 6.79. The summed E-state index contributed by atoms with van der Waals surface area (Å²) in [6.07, 6.45) is -6.76.